The van der Waals surface area contributed by atoms with Gasteiger partial charge in [0.25, 0.3) is 5.91 Å². The van der Waals surface area contributed by atoms with Crippen LogP contribution in [0.3, 0.4) is 0 Å². The molecule has 4 rings (SSSR count). The third kappa shape index (κ3) is 5.46. The van der Waals surface area contributed by atoms with Gasteiger partial charge in [-0.15, -0.1) is 0 Å². The van der Waals surface area contributed by atoms with Crippen LogP contribution in [0.2, 0.25) is 0 Å². The molecule has 0 radical (unpaired) electrons. The molecule has 1 fully saturated rings. The Kier molecular flexibility index (Phi) is 6.98. The van der Waals surface area contributed by atoms with Crippen molar-refractivity contribution in [3.63, 3.8) is 0 Å². The van der Waals surface area contributed by atoms with Crippen molar-refractivity contribution in [2.24, 2.45) is 0 Å². The first kappa shape index (κ1) is 23.5. The lowest BCUT2D eigenvalue weighted by Crippen LogP contribution is -2.32. The first-order valence-electron chi connectivity index (χ1n) is 11.5. The summed E-state index contributed by atoms with van der Waals surface area (Å²) in [6.07, 6.45) is 4.54. The molecule has 0 bridgehead atoms. The summed E-state index contributed by atoms with van der Waals surface area (Å²) in [7, 11) is 4.15. The zero-order chi connectivity index (χ0) is 24.2. The molecule has 3 aromatic rings. The zero-order valence-electron chi connectivity index (χ0n) is 19.9. The fourth-order valence-corrected chi connectivity index (χ4v) is 4.38. The summed E-state index contributed by atoms with van der Waals surface area (Å²) in [5, 5.41) is 6.71. The third-order valence-electron chi connectivity index (χ3n) is 6.02. The molecule has 2 heterocycles. The maximum atomic E-state index is 13.0. The van der Waals surface area contributed by atoms with Crippen LogP contribution in [0.15, 0.2) is 48.7 Å². The minimum Gasteiger partial charge on any atom is -0.361 e. The molecule has 4 amide bonds. The van der Waals surface area contributed by atoms with Crippen molar-refractivity contribution in [3.8, 4) is 0 Å². The van der Waals surface area contributed by atoms with Crippen LogP contribution in [-0.4, -0.2) is 59.3 Å². The molecule has 1 saturated heterocycles. The summed E-state index contributed by atoms with van der Waals surface area (Å²) in [5.74, 6) is -0.414. The third-order valence-corrected chi connectivity index (χ3v) is 6.02. The smallest absolute Gasteiger partial charge is 0.325 e. The van der Waals surface area contributed by atoms with Crippen molar-refractivity contribution in [3.05, 3.63) is 65.4 Å². The van der Waals surface area contributed by atoms with Gasteiger partial charge in [-0.1, -0.05) is 18.2 Å². The standard InChI is InChI=1S/C26H31N5O3/c1-17(32)28-21-8-4-6-19(12-21)16-31-25(33)24(29-26(31)34)14-18-9-10-23-22(13-18)20(15-27-23)7-5-11-30(2)3/h4,6,8-10,12-13,15,24,27H,5,7,11,14,16H2,1-3H3,(H,28,32)(H,29,34). The second-order valence-electron chi connectivity index (χ2n) is 9.11. The number of anilines is 1. The Morgan fingerprint density at radius 2 is 1.94 bits per heavy atom. The maximum absolute atomic E-state index is 13.0. The monoisotopic (exact) mass is 461 g/mol. The second kappa shape index (κ2) is 10.1. The summed E-state index contributed by atoms with van der Waals surface area (Å²) in [5.41, 5.74) is 4.75. The Balaban J connectivity index is 1.44. The Labute approximate surface area is 199 Å². The number of urea groups is 1. The molecule has 34 heavy (non-hydrogen) atoms. The summed E-state index contributed by atoms with van der Waals surface area (Å²) in [6.45, 7) is 2.62. The predicted octanol–water partition coefficient (Wildman–Crippen LogP) is 3.28. The van der Waals surface area contributed by atoms with Gasteiger partial charge in [0.2, 0.25) is 5.91 Å². The number of aromatic nitrogens is 1. The molecule has 2 aromatic carbocycles. The molecule has 1 aliphatic heterocycles. The number of aromatic amines is 1. The van der Waals surface area contributed by atoms with Gasteiger partial charge in [0.05, 0.1) is 6.54 Å². The minimum absolute atomic E-state index is 0.154. The van der Waals surface area contributed by atoms with E-state index in [4.69, 9.17) is 0 Å². The van der Waals surface area contributed by atoms with Crippen molar-refractivity contribution >= 4 is 34.4 Å². The maximum Gasteiger partial charge on any atom is 0.325 e. The number of rotatable bonds is 9. The summed E-state index contributed by atoms with van der Waals surface area (Å²) < 4.78 is 0. The number of H-pyrrole nitrogens is 1. The van der Waals surface area contributed by atoms with Crippen molar-refractivity contribution in [2.75, 3.05) is 26.0 Å². The fraction of sp³-hybridized carbons (Fsp3) is 0.346. The second-order valence-corrected chi connectivity index (χ2v) is 9.11. The minimum atomic E-state index is -0.598. The fourth-order valence-electron chi connectivity index (χ4n) is 4.38. The molecule has 0 aliphatic carbocycles. The molecular weight excluding hydrogens is 430 g/mol. The molecule has 0 spiro atoms. The first-order chi connectivity index (χ1) is 16.3. The van der Waals surface area contributed by atoms with E-state index in [2.05, 4.69) is 46.9 Å². The van der Waals surface area contributed by atoms with Crippen molar-refractivity contribution < 1.29 is 14.4 Å². The van der Waals surface area contributed by atoms with Gasteiger partial charge in [-0.3, -0.25) is 14.5 Å². The Morgan fingerprint density at radius 1 is 1.12 bits per heavy atom. The van der Waals surface area contributed by atoms with Gasteiger partial charge in [0.1, 0.15) is 6.04 Å². The van der Waals surface area contributed by atoms with E-state index in [0.717, 1.165) is 36.0 Å². The predicted molar refractivity (Wildman–Crippen MR) is 132 cm³/mol. The van der Waals surface area contributed by atoms with Crippen LogP contribution in [0.5, 0.6) is 0 Å². The summed E-state index contributed by atoms with van der Waals surface area (Å²) in [4.78, 5) is 43.7. The van der Waals surface area contributed by atoms with Crippen LogP contribution >= 0.6 is 0 Å². The van der Waals surface area contributed by atoms with Crippen molar-refractivity contribution in [2.45, 2.75) is 38.8 Å². The molecule has 0 saturated carbocycles. The molecule has 1 aliphatic rings. The van der Waals surface area contributed by atoms with Gasteiger partial charge in [-0.05, 0) is 74.4 Å². The van der Waals surface area contributed by atoms with E-state index in [1.54, 1.807) is 18.2 Å². The molecule has 178 valence electrons. The van der Waals surface area contributed by atoms with Crippen molar-refractivity contribution in [1.82, 2.24) is 20.1 Å². The van der Waals surface area contributed by atoms with Gasteiger partial charge in [-0.2, -0.15) is 0 Å². The van der Waals surface area contributed by atoms with Crippen LogP contribution in [0.4, 0.5) is 10.5 Å². The normalized spacial score (nSPS) is 15.9. The first-order valence-corrected chi connectivity index (χ1v) is 11.5. The van der Waals surface area contributed by atoms with Crippen LogP contribution in [0.25, 0.3) is 10.9 Å². The molecule has 3 N–H and O–H groups in total. The number of nitrogens with one attached hydrogen (secondary N) is 3. The van der Waals surface area contributed by atoms with E-state index in [1.807, 2.05) is 18.2 Å². The highest BCUT2D eigenvalue weighted by Crippen LogP contribution is 2.23. The van der Waals surface area contributed by atoms with Gasteiger partial charge in [0, 0.05) is 36.1 Å². The number of nitrogens with zero attached hydrogens (tertiary/aromatic N) is 2. The number of aryl methyl sites for hydroxylation is 1. The van der Waals surface area contributed by atoms with Gasteiger partial charge in [0.15, 0.2) is 0 Å². The number of benzene rings is 2. The summed E-state index contributed by atoms with van der Waals surface area (Å²) in [6, 6.07) is 12.3. The molecule has 1 unspecified atom stereocenters. The van der Waals surface area contributed by atoms with E-state index in [1.165, 1.54) is 22.8 Å². The average molecular weight is 462 g/mol. The number of carbonyl (C=O) groups excluding carboxylic acids is 3. The van der Waals surface area contributed by atoms with Crippen LogP contribution in [0.1, 0.15) is 30.0 Å². The number of imide groups is 1. The highest BCUT2D eigenvalue weighted by Gasteiger charge is 2.37. The lowest BCUT2D eigenvalue weighted by molar-refractivity contribution is -0.127. The quantitative estimate of drug-likeness (QED) is 0.426. The Bertz CT molecular complexity index is 1220. The van der Waals surface area contributed by atoms with E-state index >= 15 is 0 Å². The molecule has 8 nitrogen and oxygen atoms in total. The van der Waals surface area contributed by atoms with Gasteiger partial charge in [-0.25, -0.2) is 4.79 Å². The molecule has 8 heteroatoms. The van der Waals surface area contributed by atoms with Gasteiger partial charge >= 0.3 is 6.03 Å². The van der Waals surface area contributed by atoms with Crippen molar-refractivity contribution in [1.29, 1.82) is 0 Å². The molecule has 1 atom stereocenters. The zero-order valence-corrected chi connectivity index (χ0v) is 19.9. The highest BCUT2D eigenvalue weighted by molar-refractivity contribution is 6.04. The molecular formula is C26H31N5O3. The lowest BCUT2D eigenvalue weighted by atomic mass is 10.0. The largest absolute Gasteiger partial charge is 0.361 e. The summed E-state index contributed by atoms with van der Waals surface area (Å²) >= 11 is 0. The number of hydrogen-bond donors (Lipinski definition) is 3. The van der Waals surface area contributed by atoms with Gasteiger partial charge < -0.3 is 20.5 Å². The van der Waals surface area contributed by atoms with E-state index in [-0.39, 0.29) is 18.4 Å². The van der Waals surface area contributed by atoms with Crippen LogP contribution < -0.4 is 10.6 Å². The number of fused-ring (bicyclic) bond motifs is 1. The number of amides is 4. The van der Waals surface area contributed by atoms with Crippen LogP contribution in [0, 0.1) is 0 Å². The Hall–Kier alpha value is -3.65. The van der Waals surface area contributed by atoms with E-state index in [9.17, 15) is 14.4 Å². The molecule has 1 aromatic heterocycles. The average Bonchev–Trinajstić information content (AvgIpc) is 3.29. The highest BCUT2D eigenvalue weighted by atomic mass is 16.2. The van der Waals surface area contributed by atoms with E-state index in [0.29, 0.717) is 12.1 Å². The number of carbonyl (C=O) groups is 3. The van der Waals surface area contributed by atoms with E-state index < -0.39 is 12.1 Å². The lowest BCUT2D eigenvalue weighted by Gasteiger charge is -2.14. The van der Waals surface area contributed by atoms with Crippen LogP contribution in [-0.2, 0) is 29.0 Å². The SMILES string of the molecule is CC(=O)Nc1cccc(CN2C(=O)NC(Cc3ccc4[nH]cc(CCCN(C)C)c4c3)C2=O)c1. The Morgan fingerprint density at radius 3 is 2.71 bits per heavy atom. The number of hydrogen-bond acceptors (Lipinski definition) is 4. The topological polar surface area (TPSA) is 97.5 Å².